The number of aryl methyl sites for hydroxylation is 1. The van der Waals surface area contributed by atoms with E-state index in [1.54, 1.807) is 0 Å². The number of rotatable bonds is 5. The number of benzene rings is 1. The van der Waals surface area contributed by atoms with Crippen LogP contribution in [0.25, 0.3) is 0 Å². The van der Waals surface area contributed by atoms with E-state index in [9.17, 15) is 5.11 Å². The highest BCUT2D eigenvalue weighted by atomic mass is 16.6. The van der Waals surface area contributed by atoms with Crippen molar-refractivity contribution in [1.82, 2.24) is 0 Å². The van der Waals surface area contributed by atoms with Crippen molar-refractivity contribution in [2.45, 2.75) is 32.5 Å². The molecule has 1 N–H and O–H groups in total. The second kappa shape index (κ2) is 4.77. The van der Waals surface area contributed by atoms with E-state index in [0.717, 1.165) is 25.0 Å². The molecule has 2 rings (SSSR count). The molecule has 0 aromatic heterocycles. The normalized spacial score (nSPS) is 21.3. The summed E-state index contributed by atoms with van der Waals surface area (Å²) in [6.07, 6.45) is 2.67. The summed E-state index contributed by atoms with van der Waals surface area (Å²) in [6.45, 7) is 3.31. The van der Waals surface area contributed by atoms with Crippen LogP contribution >= 0.6 is 0 Å². The minimum absolute atomic E-state index is 0.143. The Hall–Kier alpha value is -0.860. The van der Waals surface area contributed by atoms with Crippen molar-refractivity contribution in [2.24, 2.45) is 5.92 Å². The predicted octanol–water partition coefficient (Wildman–Crippen LogP) is 2.15. The highest BCUT2D eigenvalue weighted by Gasteiger charge is 2.28. The van der Waals surface area contributed by atoms with Gasteiger partial charge in [0.2, 0.25) is 0 Å². The van der Waals surface area contributed by atoms with Gasteiger partial charge in [0, 0.05) is 0 Å². The molecule has 1 aliphatic rings. The van der Waals surface area contributed by atoms with Crippen LogP contribution < -0.4 is 0 Å². The van der Waals surface area contributed by atoms with Crippen molar-refractivity contribution in [1.29, 1.82) is 0 Å². The molecule has 0 saturated carbocycles. The molecule has 1 saturated heterocycles. The van der Waals surface area contributed by atoms with Crippen LogP contribution in [0.15, 0.2) is 24.3 Å². The second-order valence-electron chi connectivity index (χ2n) is 4.31. The van der Waals surface area contributed by atoms with E-state index in [-0.39, 0.29) is 6.61 Å². The summed E-state index contributed by atoms with van der Waals surface area (Å²) in [7, 11) is 0. The fourth-order valence-electron chi connectivity index (χ4n) is 1.91. The van der Waals surface area contributed by atoms with Crippen molar-refractivity contribution in [3.05, 3.63) is 35.4 Å². The molecule has 2 heteroatoms. The predicted molar refractivity (Wildman–Crippen MR) is 59.6 cm³/mol. The first-order valence-electron chi connectivity index (χ1n) is 5.60. The zero-order valence-electron chi connectivity index (χ0n) is 9.15. The molecule has 0 bridgehead atoms. The largest absolute Gasteiger partial charge is 0.392 e. The summed E-state index contributed by atoms with van der Waals surface area (Å²) in [6, 6.07) is 8.11. The maximum atomic E-state index is 9.18. The van der Waals surface area contributed by atoms with Crippen LogP contribution in [0.4, 0.5) is 0 Å². The molecule has 1 fully saturated rings. The molecule has 2 nitrogen and oxygen atoms in total. The van der Waals surface area contributed by atoms with Crippen LogP contribution in [0.5, 0.6) is 0 Å². The standard InChI is InChI=1S/C13H18O2/c1-10(13-9-15-13)6-7-11-4-2-3-5-12(11)8-14/h2-5,10,13-14H,6-9H2,1H3. The van der Waals surface area contributed by atoms with Crippen LogP contribution in [-0.2, 0) is 17.8 Å². The Morgan fingerprint density at radius 3 is 2.67 bits per heavy atom. The summed E-state index contributed by atoms with van der Waals surface area (Å²) >= 11 is 0. The molecule has 1 aromatic rings. The third-order valence-electron chi connectivity index (χ3n) is 3.15. The number of epoxide rings is 1. The second-order valence-corrected chi connectivity index (χ2v) is 4.31. The molecule has 1 aliphatic heterocycles. The van der Waals surface area contributed by atoms with Gasteiger partial charge in [-0.05, 0) is 29.9 Å². The number of aliphatic hydroxyl groups is 1. The molecule has 2 unspecified atom stereocenters. The van der Waals surface area contributed by atoms with E-state index < -0.39 is 0 Å². The van der Waals surface area contributed by atoms with Crippen molar-refractivity contribution in [3.63, 3.8) is 0 Å². The molecular weight excluding hydrogens is 188 g/mol. The lowest BCUT2D eigenvalue weighted by molar-refractivity contribution is 0.280. The summed E-state index contributed by atoms with van der Waals surface area (Å²) in [4.78, 5) is 0. The van der Waals surface area contributed by atoms with Crippen LogP contribution in [-0.4, -0.2) is 17.8 Å². The molecule has 0 radical (unpaired) electrons. The zero-order valence-corrected chi connectivity index (χ0v) is 9.15. The summed E-state index contributed by atoms with van der Waals surface area (Å²) in [5, 5.41) is 9.18. The monoisotopic (exact) mass is 206 g/mol. The van der Waals surface area contributed by atoms with Gasteiger partial charge < -0.3 is 9.84 Å². The first kappa shape index (κ1) is 10.7. The molecule has 2 atom stereocenters. The zero-order chi connectivity index (χ0) is 10.7. The molecule has 1 heterocycles. The van der Waals surface area contributed by atoms with Gasteiger partial charge in [-0.2, -0.15) is 0 Å². The van der Waals surface area contributed by atoms with Gasteiger partial charge in [-0.3, -0.25) is 0 Å². The van der Waals surface area contributed by atoms with Crippen LogP contribution in [0.1, 0.15) is 24.5 Å². The molecule has 15 heavy (non-hydrogen) atoms. The SMILES string of the molecule is CC(CCc1ccccc1CO)C1CO1. The highest BCUT2D eigenvalue weighted by molar-refractivity contribution is 5.26. The number of aliphatic hydroxyl groups excluding tert-OH is 1. The average molecular weight is 206 g/mol. The van der Waals surface area contributed by atoms with E-state index in [4.69, 9.17) is 4.74 Å². The fraction of sp³-hybridized carbons (Fsp3) is 0.538. The number of hydrogen-bond donors (Lipinski definition) is 1. The third-order valence-corrected chi connectivity index (χ3v) is 3.15. The average Bonchev–Trinajstić information content (AvgIpc) is 3.10. The molecule has 82 valence electrons. The lowest BCUT2D eigenvalue weighted by atomic mass is 9.96. The van der Waals surface area contributed by atoms with Gasteiger partial charge in [0.15, 0.2) is 0 Å². The maximum Gasteiger partial charge on any atom is 0.0835 e. The fourth-order valence-corrected chi connectivity index (χ4v) is 1.91. The lowest BCUT2D eigenvalue weighted by Crippen LogP contribution is -2.05. The van der Waals surface area contributed by atoms with Gasteiger partial charge >= 0.3 is 0 Å². The minimum Gasteiger partial charge on any atom is -0.392 e. The van der Waals surface area contributed by atoms with E-state index in [2.05, 4.69) is 13.0 Å². The Bertz CT molecular complexity index is 318. The summed E-state index contributed by atoms with van der Waals surface area (Å²) < 4.78 is 5.27. The first-order chi connectivity index (χ1) is 7.31. The summed E-state index contributed by atoms with van der Waals surface area (Å²) in [5.74, 6) is 0.636. The van der Waals surface area contributed by atoms with E-state index in [1.807, 2.05) is 18.2 Å². The van der Waals surface area contributed by atoms with Gasteiger partial charge in [-0.1, -0.05) is 31.2 Å². The van der Waals surface area contributed by atoms with Crippen LogP contribution in [0, 0.1) is 5.92 Å². The van der Waals surface area contributed by atoms with Gasteiger partial charge in [0.25, 0.3) is 0 Å². The maximum absolute atomic E-state index is 9.18. The lowest BCUT2D eigenvalue weighted by Gasteiger charge is -2.10. The van der Waals surface area contributed by atoms with E-state index in [1.165, 1.54) is 5.56 Å². The third kappa shape index (κ3) is 2.80. The Labute approximate surface area is 90.9 Å². The Morgan fingerprint density at radius 1 is 1.40 bits per heavy atom. The van der Waals surface area contributed by atoms with Gasteiger partial charge in [0.1, 0.15) is 0 Å². The first-order valence-corrected chi connectivity index (χ1v) is 5.60. The summed E-state index contributed by atoms with van der Waals surface area (Å²) in [5.41, 5.74) is 2.33. The van der Waals surface area contributed by atoms with E-state index >= 15 is 0 Å². The Balaban J connectivity index is 1.91. The topological polar surface area (TPSA) is 32.8 Å². The van der Waals surface area contributed by atoms with E-state index in [0.29, 0.717) is 12.0 Å². The van der Waals surface area contributed by atoms with Crippen molar-refractivity contribution >= 4 is 0 Å². The van der Waals surface area contributed by atoms with Gasteiger partial charge in [0.05, 0.1) is 19.3 Å². The van der Waals surface area contributed by atoms with Crippen molar-refractivity contribution in [3.8, 4) is 0 Å². The molecule has 1 aromatic carbocycles. The smallest absolute Gasteiger partial charge is 0.0835 e. The van der Waals surface area contributed by atoms with Crippen LogP contribution in [0.2, 0.25) is 0 Å². The van der Waals surface area contributed by atoms with Gasteiger partial charge in [-0.15, -0.1) is 0 Å². The molecular formula is C13H18O2. The highest BCUT2D eigenvalue weighted by Crippen LogP contribution is 2.24. The number of ether oxygens (including phenoxy) is 1. The quantitative estimate of drug-likeness (QED) is 0.749. The van der Waals surface area contributed by atoms with Crippen LogP contribution in [0.3, 0.4) is 0 Å². The minimum atomic E-state index is 0.143. The Morgan fingerprint density at radius 2 is 2.07 bits per heavy atom. The number of hydrogen-bond acceptors (Lipinski definition) is 2. The van der Waals surface area contributed by atoms with Crippen molar-refractivity contribution < 1.29 is 9.84 Å². The molecule has 0 aliphatic carbocycles. The Kier molecular flexibility index (Phi) is 3.39. The molecule has 0 spiro atoms. The van der Waals surface area contributed by atoms with Gasteiger partial charge in [-0.25, -0.2) is 0 Å². The molecule has 0 amide bonds. The van der Waals surface area contributed by atoms with Crippen molar-refractivity contribution in [2.75, 3.05) is 6.61 Å².